The minimum atomic E-state index is -0.422. The number of aliphatic hydroxyl groups excluding tert-OH is 1. The molecule has 0 aromatic rings. The van der Waals surface area contributed by atoms with Gasteiger partial charge in [-0.3, -0.25) is 0 Å². The number of likely N-dealkylation sites (N-methyl/N-ethyl adjacent to an activating group) is 1. The van der Waals surface area contributed by atoms with Gasteiger partial charge in [-0.1, -0.05) is 0 Å². The van der Waals surface area contributed by atoms with Gasteiger partial charge in [0.15, 0.2) is 6.19 Å². The quantitative estimate of drug-likeness (QED) is 0.426. The highest BCUT2D eigenvalue weighted by Crippen LogP contribution is 2.08. The smallest absolute Gasteiger partial charge is 0.179 e. The first kappa shape index (κ1) is 8.25. The Morgan fingerprint density at radius 1 is 1.67 bits per heavy atom. The van der Waals surface area contributed by atoms with Crippen LogP contribution in [0.5, 0.6) is 0 Å². The van der Waals surface area contributed by atoms with Crippen molar-refractivity contribution in [3.8, 4) is 6.19 Å². The molecule has 0 radical (unpaired) electrons. The van der Waals surface area contributed by atoms with Crippen LogP contribution in [-0.2, 0) is 0 Å². The summed E-state index contributed by atoms with van der Waals surface area (Å²) in [5, 5.41) is 17.1. The number of rotatable bonds is 2. The molecule has 0 heterocycles. The Morgan fingerprint density at radius 3 is 2.22 bits per heavy atom. The Morgan fingerprint density at radius 2 is 2.11 bits per heavy atom. The lowest BCUT2D eigenvalue weighted by molar-refractivity contribution is 0.121. The first-order valence-corrected chi connectivity index (χ1v) is 2.79. The Labute approximate surface area is 55.5 Å². The highest BCUT2D eigenvalue weighted by Gasteiger charge is 2.20. The van der Waals surface area contributed by atoms with Crippen LogP contribution in [0, 0.1) is 11.5 Å². The minimum absolute atomic E-state index is 0.00292. The second-order valence-corrected chi connectivity index (χ2v) is 2.63. The van der Waals surface area contributed by atoms with Crippen molar-refractivity contribution >= 4 is 0 Å². The molecular formula is C6H12N2O. The summed E-state index contributed by atoms with van der Waals surface area (Å²) in [6.45, 7) is 3.60. The topological polar surface area (TPSA) is 47.3 Å². The molecule has 0 aliphatic carbocycles. The second-order valence-electron chi connectivity index (χ2n) is 2.63. The number of aliphatic hydroxyl groups is 1. The number of nitriles is 1. The van der Waals surface area contributed by atoms with Gasteiger partial charge in [-0.15, -0.1) is 0 Å². The molecule has 0 aliphatic heterocycles. The zero-order valence-corrected chi connectivity index (χ0v) is 6.05. The van der Waals surface area contributed by atoms with Gasteiger partial charge in [0.2, 0.25) is 0 Å². The number of hydrogen-bond acceptors (Lipinski definition) is 3. The molecule has 0 atom stereocenters. The lowest BCUT2D eigenvalue weighted by Gasteiger charge is -2.28. The maximum atomic E-state index is 8.70. The van der Waals surface area contributed by atoms with Crippen molar-refractivity contribution in [2.24, 2.45) is 0 Å². The van der Waals surface area contributed by atoms with Gasteiger partial charge >= 0.3 is 0 Å². The molecule has 0 saturated carbocycles. The van der Waals surface area contributed by atoms with Gasteiger partial charge in [-0.05, 0) is 13.8 Å². The molecule has 0 unspecified atom stereocenters. The van der Waals surface area contributed by atoms with Crippen LogP contribution in [0.4, 0.5) is 0 Å². The first-order chi connectivity index (χ1) is 4.04. The van der Waals surface area contributed by atoms with Gasteiger partial charge in [-0.2, -0.15) is 5.26 Å². The van der Waals surface area contributed by atoms with E-state index in [0.29, 0.717) is 0 Å². The third-order valence-corrected chi connectivity index (χ3v) is 1.44. The molecule has 52 valence electrons. The fourth-order valence-electron chi connectivity index (χ4n) is 0.241. The Bertz CT molecular complexity index is 126. The van der Waals surface area contributed by atoms with Crippen molar-refractivity contribution in [1.82, 2.24) is 4.90 Å². The van der Waals surface area contributed by atoms with E-state index in [1.807, 2.05) is 6.19 Å². The predicted octanol–water partition coefficient (Wildman–Crippen LogP) is 0.170. The monoisotopic (exact) mass is 128 g/mol. The maximum Gasteiger partial charge on any atom is 0.179 e. The van der Waals surface area contributed by atoms with Gasteiger partial charge in [0.25, 0.3) is 0 Å². The maximum absolute atomic E-state index is 8.70. The second kappa shape index (κ2) is 2.70. The summed E-state index contributed by atoms with van der Waals surface area (Å²) in [5.74, 6) is 0. The van der Waals surface area contributed by atoms with Gasteiger partial charge in [0, 0.05) is 7.05 Å². The molecule has 0 amide bonds. The van der Waals surface area contributed by atoms with Crippen LogP contribution >= 0.6 is 0 Å². The van der Waals surface area contributed by atoms with E-state index in [2.05, 4.69) is 0 Å². The molecule has 3 heteroatoms. The molecule has 0 rings (SSSR count). The first-order valence-electron chi connectivity index (χ1n) is 2.79. The fourth-order valence-corrected chi connectivity index (χ4v) is 0.241. The molecule has 0 fully saturated rings. The molecule has 3 nitrogen and oxygen atoms in total. The van der Waals surface area contributed by atoms with Crippen LogP contribution in [0.25, 0.3) is 0 Å². The fraction of sp³-hybridized carbons (Fsp3) is 0.833. The van der Waals surface area contributed by atoms with Crippen LogP contribution in [0.15, 0.2) is 0 Å². The summed E-state index contributed by atoms with van der Waals surface area (Å²) in [7, 11) is 1.65. The highest BCUT2D eigenvalue weighted by molar-refractivity contribution is 4.86. The van der Waals surface area contributed by atoms with E-state index >= 15 is 0 Å². The SMILES string of the molecule is CN(C#N)C(C)(C)CO. The molecule has 0 aromatic heterocycles. The average molecular weight is 128 g/mol. The Kier molecular flexibility index (Phi) is 2.47. The molecule has 9 heavy (non-hydrogen) atoms. The van der Waals surface area contributed by atoms with Crippen molar-refractivity contribution in [3.05, 3.63) is 0 Å². The van der Waals surface area contributed by atoms with Gasteiger partial charge in [0.05, 0.1) is 12.1 Å². The number of nitrogens with zero attached hydrogens (tertiary/aromatic N) is 2. The third-order valence-electron chi connectivity index (χ3n) is 1.44. The summed E-state index contributed by atoms with van der Waals surface area (Å²) in [5.41, 5.74) is -0.422. The van der Waals surface area contributed by atoms with E-state index in [1.54, 1.807) is 20.9 Å². The average Bonchev–Trinajstić information content (AvgIpc) is 1.86. The molecule has 0 bridgehead atoms. The van der Waals surface area contributed by atoms with Crippen molar-refractivity contribution in [1.29, 1.82) is 5.26 Å². The van der Waals surface area contributed by atoms with Crippen LogP contribution < -0.4 is 0 Å². The van der Waals surface area contributed by atoms with Gasteiger partial charge < -0.3 is 10.0 Å². The van der Waals surface area contributed by atoms with E-state index in [-0.39, 0.29) is 6.61 Å². The normalized spacial score (nSPS) is 10.6. The molecule has 1 N–H and O–H groups in total. The molecular weight excluding hydrogens is 116 g/mol. The summed E-state index contributed by atoms with van der Waals surface area (Å²) in [4.78, 5) is 1.42. The van der Waals surface area contributed by atoms with E-state index in [0.717, 1.165) is 0 Å². The standard InChI is InChI=1S/C6H12N2O/c1-6(2,4-9)8(3)5-7/h9H,4H2,1-3H3. The summed E-state index contributed by atoms with van der Waals surface area (Å²) in [6, 6.07) is 0. The van der Waals surface area contributed by atoms with Crippen LogP contribution in [0.1, 0.15) is 13.8 Å². The minimum Gasteiger partial charge on any atom is -0.394 e. The highest BCUT2D eigenvalue weighted by atomic mass is 16.3. The predicted molar refractivity (Wildman–Crippen MR) is 34.5 cm³/mol. The van der Waals surface area contributed by atoms with Crippen molar-refractivity contribution in [2.45, 2.75) is 19.4 Å². The zero-order chi connectivity index (χ0) is 7.49. The summed E-state index contributed by atoms with van der Waals surface area (Å²) in [6.07, 6.45) is 1.93. The summed E-state index contributed by atoms with van der Waals surface area (Å²) < 4.78 is 0. The molecule has 0 aliphatic rings. The molecule has 0 spiro atoms. The molecule has 0 aromatic carbocycles. The summed E-state index contributed by atoms with van der Waals surface area (Å²) >= 11 is 0. The zero-order valence-electron chi connectivity index (χ0n) is 6.05. The lowest BCUT2D eigenvalue weighted by atomic mass is 10.1. The van der Waals surface area contributed by atoms with E-state index in [4.69, 9.17) is 10.4 Å². The van der Waals surface area contributed by atoms with E-state index < -0.39 is 5.54 Å². The van der Waals surface area contributed by atoms with E-state index in [9.17, 15) is 0 Å². The van der Waals surface area contributed by atoms with Gasteiger partial charge in [0.1, 0.15) is 0 Å². The van der Waals surface area contributed by atoms with Crippen molar-refractivity contribution in [3.63, 3.8) is 0 Å². The van der Waals surface area contributed by atoms with E-state index in [1.165, 1.54) is 4.90 Å². The van der Waals surface area contributed by atoms with Crippen LogP contribution in [0.2, 0.25) is 0 Å². The lowest BCUT2D eigenvalue weighted by Crippen LogP contribution is -2.40. The van der Waals surface area contributed by atoms with Crippen molar-refractivity contribution < 1.29 is 5.11 Å². The van der Waals surface area contributed by atoms with Crippen molar-refractivity contribution in [2.75, 3.05) is 13.7 Å². The number of hydrogen-bond donors (Lipinski definition) is 1. The third kappa shape index (κ3) is 1.90. The largest absolute Gasteiger partial charge is 0.394 e. The Hall–Kier alpha value is -0.750. The Balaban J connectivity index is 4.01. The molecule has 0 saturated heterocycles. The van der Waals surface area contributed by atoms with Crippen LogP contribution in [0.3, 0.4) is 0 Å². The van der Waals surface area contributed by atoms with Crippen LogP contribution in [-0.4, -0.2) is 29.2 Å². The van der Waals surface area contributed by atoms with Gasteiger partial charge in [-0.25, -0.2) is 0 Å².